The SMILES string of the molecule is O=C(CN(c1ccccc1Cl)S(=O)(=O)c1ccccc1)Nc1c(F)cccc1F. The van der Waals surface area contributed by atoms with Crippen LogP contribution >= 0.6 is 11.6 Å². The molecule has 1 N–H and O–H groups in total. The van der Waals surface area contributed by atoms with Crippen LogP contribution in [0.25, 0.3) is 0 Å². The first kappa shape index (κ1) is 20.8. The van der Waals surface area contributed by atoms with Crippen molar-refractivity contribution in [3.8, 4) is 0 Å². The van der Waals surface area contributed by atoms with E-state index in [0.717, 1.165) is 22.5 Å². The molecule has 9 heteroatoms. The second kappa shape index (κ2) is 8.59. The molecule has 0 unspecified atom stereocenters. The molecule has 0 saturated carbocycles. The van der Waals surface area contributed by atoms with Crippen LogP contribution in [-0.2, 0) is 14.8 Å². The zero-order valence-corrected chi connectivity index (χ0v) is 16.4. The van der Waals surface area contributed by atoms with Gasteiger partial charge in [-0.1, -0.05) is 48.0 Å². The van der Waals surface area contributed by atoms with E-state index < -0.39 is 39.8 Å². The van der Waals surface area contributed by atoms with E-state index in [9.17, 15) is 22.0 Å². The standard InChI is InChI=1S/C20H15ClF2N2O3S/c21-15-9-4-5-12-18(15)25(29(27,28)14-7-2-1-3-8-14)13-19(26)24-20-16(22)10-6-11-17(20)23/h1-12H,13H2,(H,24,26). The van der Waals surface area contributed by atoms with Gasteiger partial charge in [0, 0.05) is 0 Å². The van der Waals surface area contributed by atoms with Crippen LogP contribution in [0.2, 0.25) is 5.02 Å². The molecule has 0 radical (unpaired) electrons. The van der Waals surface area contributed by atoms with Crippen molar-refractivity contribution in [3.05, 3.63) is 89.5 Å². The van der Waals surface area contributed by atoms with Crippen molar-refractivity contribution in [2.24, 2.45) is 0 Å². The Morgan fingerprint density at radius 1 is 0.897 bits per heavy atom. The highest BCUT2D eigenvalue weighted by Gasteiger charge is 2.29. The Bertz CT molecular complexity index is 1120. The lowest BCUT2D eigenvalue weighted by molar-refractivity contribution is -0.114. The lowest BCUT2D eigenvalue weighted by atomic mass is 10.3. The fourth-order valence-electron chi connectivity index (χ4n) is 2.60. The summed E-state index contributed by atoms with van der Waals surface area (Å²) in [6.07, 6.45) is 0. The van der Waals surface area contributed by atoms with Gasteiger partial charge in [0.25, 0.3) is 10.0 Å². The van der Waals surface area contributed by atoms with Crippen LogP contribution < -0.4 is 9.62 Å². The van der Waals surface area contributed by atoms with Gasteiger partial charge in [0.15, 0.2) is 0 Å². The largest absolute Gasteiger partial charge is 0.320 e. The number of carbonyl (C=O) groups is 1. The topological polar surface area (TPSA) is 66.5 Å². The molecular weight excluding hydrogens is 422 g/mol. The van der Waals surface area contributed by atoms with Crippen molar-refractivity contribution in [3.63, 3.8) is 0 Å². The van der Waals surface area contributed by atoms with Gasteiger partial charge in [0.1, 0.15) is 23.9 Å². The Hall–Kier alpha value is -2.97. The third-order valence-electron chi connectivity index (χ3n) is 3.97. The lowest BCUT2D eigenvalue weighted by Crippen LogP contribution is -2.38. The number of rotatable bonds is 6. The van der Waals surface area contributed by atoms with E-state index >= 15 is 0 Å². The molecule has 0 heterocycles. The van der Waals surface area contributed by atoms with E-state index in [1.165, 1.54) is 36.4 Å². The average Bonchev–Trinajstić information content (AvgIpc) is 2.70. The number of hydrogen-bond donors (Lipinski definition) is 1. The number of benzene rings is 3. The summed E-state index contributed by atoms with van der Waals surface area (Å²) >= 11 is 6.15. The minimum absolute atomic E-state index is 0.0576. The Balaban J connectivity index is 1.98. The van der Waals surface area contributed by atoms with Crippen molar-refractivity contribution in [1.29, 1.82) is 0 Å². The summed E-state index contributed by atoms with van der Waals surface area (Å²) in [7, 11) is -4.18. The molecule has 0 aliphatic heterocycles. The number of hydrogen-bond acceptors (Lipinski definition) is 3. The number of para-hydroxylation sites is 2. The highest BCUT2D eigenvalue weighted by molar-refractivity contribution is 7.92. The maximum Gasteiger partial charge on any atom is 0.264 e. The molecule has 29 heavy (non-hydrogen) atoms. The Labute approximate surface area is 171 Å². The van der Waals surface area contributed by atoms with Crippen LogP contribution in [0.15, 0.2) is 77.7 Å². The zero-order valence-electron chi connectivity index (χ0n) is 14.8. The first-order chi connectivity index (χ1) is 13.8. The molecule has 3 aromatic carbocycles. The van der Waals surface area contributed by atoms with Gasteiger partial charge in [-0.15, -0.1) is 0 Å². The summed E-state index contributed by atoms with van der Waals surface area (Å²) in [6, 6.07) is 16.6. The number of sulfonamides is 1. The number of carbonyl (C=O) groups excluding carboxylic acids is 1. The second-order valence-electron chi connectivity index (χ2n) is 5.92. The fraction of sp³-hybridized carbons (Fsp3) is 0.0500. The first-order valence-corrected chi connectivity index (χ1v) is 10.2. The number of nitrogens with one attached hydrogen (secondary N) is 1. The van der Waals surface area contributed by atoms with Crippen LogP contribution in [0.1, 0.15) is 0 Å². The Morgan fingerprint density at radius 2 is 1.48 bits per heavy atom. The molecule has 0 fully saturated rings. The molecule has 3 aromatic rings. The maximum atomic E-state index is 13.8. The molecule has 0 aliphatic rings. The minimum Gasteiger partial charge on any atom is -0.320 e. The van der Waals surface area contributed by atoms with E-state index in [1.54, 1.807) is 18.2 Å². The molecule has 0 aliphatic carbocycles. The van der Waals surface area contributed by atoms with E-state index in [-0.39, 0.29) is 15.6 Å². The third kappa shape index (κ3) is 4.55. The van der Waals surface area contributed by atoms with Gasteiger partial charge < -0.3 is 5.32 Å². The maximum absolute atomic E-state index is 13.8. The van der Waals surface area contributed by atoms with Gasteiger partial charge in [0.05, 0.1) is 15.6 Å². The van der Waals surface area contributed by atoms with Gasteiger partial charge in [0.2, 0.25) is 5.91 Å². The van der Waals surface area contributed by atoms with Gasteiger partial charge in [-0.2, -0.15) is 0 Å². The fourth-order valence-corrected chi connectivity index (χ4v) is 4.35. The molecule has 3 rings (SSSR count). The van der Waals surface area contributed by atoms with Crippen molar-refractivity contribution in [2.75, 3.05) is 16.2 Å². The monoisotopic (exact) mass is 436 g/mol. The van der Waals surface area contributed by atoms with Crippen molar-refractivity contribution >= 4 is 38.9 Å². The molecule has 0 spiro atoms. The van der Waals surface area contributed by atoms with E-state index in [0.29, 0.717) is 0 Å². The molecule has 0 bridgehead atoms. The zero-order chi connectivity index (χ0) is 21.0. The highest BCUT2D eigenvalue weighted by atomic mass is 35.5. The second-order valence-corrected chi connectivity index (χ2v) is 8.19. The van der Waals surface area contributed by atoms with E-state index in [1.807, 2.05) is 0 Å². The summed E-state index contributed by atoms with van der Waals surface area (Å²) in [4.78, 5) is 12.4. The Kier molecular flexibility index (Phi) is 6.14. The van der Waals surface area contributed by atoms with Crippen molar-refractivity contribution in [1.82, 2.24) is 0 Å². The smallest absolute Gasteiger partial charge is 0.264 e. The van der Waals surface area contributed by atoms with E-state index in [4.69, 9.17) is 11.6 Å². The third-order valence-corrected chi connectivity index (χ3v) is 6.06. The Morgan fingerprint density at radius 3 is 2.10 bits per heavy atom. The number of amides is 1. The number of halogens is 3. The van der Waals surface area contributed by atoms with Gasteiger partial charge in [-0.25, -0.2) is 17.2 Å². The quantitative estimate of drug-likeness (QED) is 0.620. The molecule has 0 aromatic heterocycles. The number of nitrogens with zero attached hydrogens (tertiary/aromatic N) is 1. The van der Waals surface area contributed by atoms with Gasteiger partial charge >= 0.3 is 0 Å². The predicted molar refractivity (Wildman–Crippen MR) is 107 cm³/mol. The molecule has 1 amide bonds. The average molecular weight is 437 g/mol. The predicted octanol–water partition coefficient (Wildman–Crippen LogP) is 4.45. The normalized spacial score (nSPS) is 11.1. The van der Waals surface area contributed by atoms with Crippen molar-refractivity contribution < 1.29 is 22.0 Å². The summed E-state index contributed by atoms with van der Waals surface area (Å²) in [5, 5.41) is 2.18. The van der Waals surface area contributed by atoms with Crippen LogP contribution in [0.3, 0.4) is 0 Å². The first-order valence-electron chi connectivity index (χ1n) is 8.37. The van der Waals surface area contributed by atoms with Crippen molar-refractivity contribution in [2.45, 2.75) is 4.90 Å². The molecule has 0 saturated heterocycles. The molecule has 0 atom stereocenters. The van der Waals surface area contributed by atoms with Gasteiger partial charge in [-0.05, 0) is 36.4 Å². The summed E-state index contributed by atoms with van der Waals surface area (Å²) in [5.74, 6) is -2.89. The van der Waals surface area contributed by atoms with E-state index in [2.05, 4.69) is 5.32 Å². The van der Waals surface area contributed by atoms with Crippen LogP contribution in [0, 0.1) is 11.6 Å². The molecule has 5 nitrogen and oxygen atoms in total. The van der Waals surface area contributed by atoms with Crippen LogP contribution in [0.4, 0.5) is 20.2 Å². The summed E-state index contributed by atoms with van der Waals surface area (Å²) in [6.45, 7) is -0.741. The lowest BCUT2D eigenvalue weighted by Gasteiger charge is -2.25. The summed E-state index contributed by atoms with van der Waals surface area (Å²) < 4.78 is 54.7. The highest BCUT2D eigenvalue weighted by Crippen LogP contribution is 2.30. The van der Waals surface area contributed by atoms with Crippen LogP contribution in [0.5, 0.6) is 0 Å². The number of anilines is 2. The molecular formula is C20H15ClF2N2O3S. The molecule has 150 valence electrons. The van der Waals surface area contributed by atoms with Gasteiger partial charge in [-0.3, -0.25) is 9.10 Å². The van der Waals surface area contributed by atoms with Crippen LogP contribution in [-0.4, -0.2) is 20.9 Å². The summed E-state index contributed by atoms with van der Waals surface area (Å²) in [5.41, 5.74) is -0.601. The minimum atomic E-state index is -4.18.